The fraction of sp³-hybridized carbons (Fsp3) is 0.148. The molecule has 4 aromatic rings. The summed E-state index contributed by atoms with van der Waals surface area (Å²) in [6.45, 7) is 0.782. The molecule has 0 atom stereocenters. The zero-order chi connectivity index (χ0) is 24.8. The molecule has 1 amide bonds. The van der Waals surface area contributed by atoms with Crippen LogP contribution in [0.25, 0.3) is 10.9 Å². The zero-order valence-electron chi connectivity index (χ0n) is 19.3. The van der Waals surface area contributed by atoms with E-state index >= 15 is 0 Å². The first-order valence-corrected chi connectivity index (χ1v) is 11.5. The molecule has 7 nitrogen and oxygen atoms in total. The highest BCUT2D eigenvalue weighted by atomic mass is 32.1. The number of nitrogens with zero attached hydrogens (tertiary/aromatic N) is 2. The lowest BCUT2D eigenvalue weighted by Gasteiger charge is -2.22. The number of nitrogens with two attached hydrogens (primary N) is 1. The van der Waals surface area contributed by atoms with Crippen LogP contribution in [0.3, 0.4) is 0 Å². The van der Waals surface area contributed by atoms with Gasteiger partial charge in [-0.15, -0.1) is 0 Å². The summed E-state index contributed by atoms with van der Waals surface area (Å²) in [5.74, 6) is -0.537. The summed E-state index contributed by atoms with van der Waals surface area (Å²) >= 11 is 5.00. The number of anilines is 2. The van der Waals surface area contributed by atoms with E-state index in [4.69, 9.17) is 22.7 Å². The van der Waals surface area contributed by atoms with Crippen LogP contribution in [-0.4, -0.2) is 35.1 Å². The lowest BCUT2D eigenvalue weighted by molar-refractivity contribution is -0.140. The number of thiocarbonyl (C=S) groups is 1. The van der Waals surface area contributed by atoms with Crippen molar-refractivity contribution >= 4 is 51.4 Å². The number of aromatic nitrogens is 1. The summed E-state index contributed by atoms with van der Waals surface area (Å²) < 4.78 is 6.82. The molecule has 0 fully saturated rings. The molecule has 1 heterocycles. The standard InChI is InChI=1S/C27H26N4O3S/c1-34-25(32)14-16-31(23-5-3-2-4-6-23)27(33)21-9-12-24-20(17-21)13-15-30(24)18-29-22-10-7-19(8-11-22)26(28)35/h2-13,15,17,29H,14,16,18H2,1H3,(H2,28,35). The number of nitrogens with one attached hydrogen (secondary N) is 1. The van der Waals surface area contributed by atoms with Gasteiger partial charge in [0.25, 0.3) is 5.91 Å². The van der Waals surface area contributed by atoms with Crippen LogP contribution in [0.4, 0.5) is 11.4 Å². The number of hydrogen-bond acceptors (Lipinski definition) is 5. The lowest BCUT2D eigenvalue weighted by Crippen LogP contribution is -2.33. The van der Waals surface area contributed by atoms with E-state index in [0.717, 1.165) is 27.8 Å². The molecule has 3 aromatic carbocycles. The maximum atomic E-state index is 13.4. The van der Waals surface area contributed by atoms with Crippen molar-refractivity contribution < 1.29 is 14.3 Å². The molecule has 0 bridgehead atoms. The van der Waals surface area contributed by atoms with Crippen LogP contribution >= 0.6 is 12.2 Å². The Balaban J connectivity index is 1.52. The zero-order valence-corrected chi connectivity index (χ0v) is 20.1. The van der Waals surface area contributed by atoms with Crippen LogP contribution in [0.2, 0.25) is 0 Å². The number of hydrogen-bond donors (Lipinski definition) is 2. The second kappa shape index (κ2) is 10.8. The number of carbonyl (C=O) groups excluding carboxylic acids is 2. The van der Waals surface area contributed by atoms with E-state index in [-0.39, 0.29) is 24.8 Å². The summed E-state index contributed by atoms with van der Waals surface area (Å²) in [6, 6.07) is 24.5. The third kappa shape index (κ3) is 5.67. The first-order valence-electron chi connectivity index (χ1n) is 11.1. The Morgan fingerprint density at radius 2 is 1.71 bits per heavy atom. The van der Waals surface area contributed by atoms with E-state index in [1.54, 1.807) is 4.90 Å². The van der Waals surface area contributed by atoms with Crippen molar-refractivity contribution in [2.45, 2.75) is 13.1 Å². The molecule has 3 N–H and O–H groups in total. The van der Waals surface area contributed by atoms with Gasteiger partial charge in [0.15, 0.2) is 0 Å². The Morgan fingerprint density at radius 3 is 2.40 bits per heavy atom. The number of amides is 1. The SMILES string of the molecule is COC(=O)CCN(C(=O)c1ccc2c(ccn2CNc2ccc(C(N)=S)cc2)c1)c1ccccc1. The number of benzene rings is 3. The summed E-state index contributed by atoms with van der Waals surface area (Å²) in [6.07, 6.45) is 2.08. The molecule has 1 aromatic heterocycles. The predicted octanol–water partition coefficient (Wildman–Crippen LogP) is 4.56. The van der Waals surface area contributed by atoms with E-state index in [1.165, 1.54) is 7.11 Å². The summed E-state index contributed by atoms with van der Waals surface area (Å²) in [4.78, 5) is 27.1. The number of carbonyl (C=O) groups is 2. The molecule has 0 saturated carbocycles. The lowest BCUT2D eigenvalue weighted by atomic mass is 10.1. The fourth-order valence-electron chi connectivity index (χ4n) is 3.82. The van der Waals surface area contributed by atoms with Gasteiger partial charge in [0.05, 0.1) is 20.2 Å². The number of esters is 1. The van der Waals surface area contributed by atoms with Gasteiger partial charge >= 0.3 is 5.97 Å². The second-order valence-electron chi connectivity index (χ2n) is 7.95. The van der Waals surface area contributed by atoms with Gasteiger partial charge in [-0.2, -0.15) is 0 Å². The van der Waals surface area contributed by atoms with Gasteiger partial charge in [-0.1, -0.05) is 30.4 Å². The smallest absolute Gasteiger partial charge is 0.307 e. The maximum absolute atomic E-state index is 13.4. The van der Waals surface area contributed by atoms with Crippen molar-refractivity contribution in [2.24, 2.45) is 5.73 Å². The first-order chi connectivity index (χ1) is 17.0. The van der Waals surface area contributed by atoms with Crippen LogP contribution in [0.1, 0.15) is 22.3 Å². The maximum Gasteiger partial charge on any atom is 0.307 e. The molecule has 0 aliphatic heterocycles. The topological polar surface area (TPSA) is 89.6 Å². The second-order valence-corrected chi connectivity index (χ2v) is 8.39. The van der Waals surface area contributed by atoms with E-state index in [0.29, 0.717) is 17.2 Å². The number of fused-ring (bicyclic) bond motifs is 1. The van der Waals surface area contributed by atoms with E-state index in [2.05, 4.69) is 9.88 Å². The Labute approximate surface area is 209 Å². The minimum absolute atomic E-state index is 0.111. The highest BCUT2D eigenvalue weighted by molar-refractivity contribution is 7.80. The Hall–Kier alpha value is -4.17. The van der Waals surface area contributed by atoms with Crippen molar-refractivity contribution in [3.8, 4) is 0 Å². The fourth-order valence-corrected chi connectivity index (χ4v) is 3.95. The number of ether oxygens (including phenoxy) is 1. The van der Waals surface area contributed by atoms with Crippen LogP contribution < -0.4 is 16.0 Å². The summed E-state index contributed by atoms with van der Waals surface area (Å²) in [5.41, 5.74) is 9.70. The van der Waals surface area contributed by atoms with Gasteiger partial charge in [0.1, 0.15) is 4.99 Å². The third-order valence-corrected chi connectivity index (χ3v) is 5.96. The highest BCUT2D eigenvalue weighted by Gasteiger charge is 2.19. The average molecular weight is 487 g/mol. The third-order valence-electron chi connectivity index (χ3n) is 5.72. The minimum atomic E-state index is -0.362. The monoisotopic (exact) mass is 486 g/mol. The van der Waals surface area contributed by atoms with Crippen molar-refractivity contribution in [1.29, 1.82) is 0 Å². The molecule has 4 rings (SSSR count). The van der Waals surface area contributed by atoms with Crippen molar-refractivity contribution in [3.63, 3.8) is 0 Å². The number of methoxy groups -OCH3 is 1. The Bertz CT molecular complexity index is 1350. The van der Waals surface area contributed by atoms with Crippen molar-refractivity contribution in [1.82, 2.24) is 4.57 Å². The first kappa shape index (κ1) is 24.0. The normalized spacial score (nSPS) is 10.7. The molecule has 0 unspecified atom stereocenters. The molecule has 8 heteroatoms. The molecule has 0 spiro atoms. The Morgan fingerprint density at radius 1 is 1.00 bits per heavy atom. The highest BCUT2D eigenvalue weighted by Crippen LogP contribution is 2.22. The van der Waals surface area contributed by atoms with E-state index < -0.39 is 0 Å². The summed E-state index contributed by atoms with van der Waals surface area (Å²) in [5, 5.41) is 4.32. The molecule has 0 aliphatic rings. The average Bonchev–Trinajstić information content (AvgIpc) is 3.30. The van der Waals surface area contributed by atoms with Crippen molar-refractivity contribution in [2.75, 3.05) is 23.9 Å². The molecule has 178 valence electrons. The number of para-hydroxylation sites is 1. The summed E-state index contributed by atoms with van der Waals surface area (Å²) in [7, 11) is 1.34. The molecule has 35 heavy (non-hydrogen) atoms. The van der Waals surface area contributed by atoms with E-state index in [9.17, 15) is 9.59 Å². The molecule has 0 aliphatic carbocycles. The molecular formula is C27H26N4O3S. The van der Waals surface area contributed by atoms with Gasteiger partial charge in [0, 0.05) is 46.1 Å². The van der Waals surface area contributed by atoms with Gasteiger partial charge in [-0.3, -0.25) is 9.59 Å². The minimum Gasteiger partial charge on any atom is -0.469 e. The van der Waals surface area contributed by atoms with Crippen LogP contribution in [0.5, 0.6) is 0 Å². The van der Waals surface area contributed by atoms with Gasteiger partial charge < -0.3 is 25.3 Å². The van der Waals surface area contributed by atoms with Crippen molar-refractivity contribution in [3.05, 3.63) is 96.2 Å². The number of rotatable bonds is 9. The molecular weight excluding hydrogens is 460 g/mol. The molecule has 0 radical (unpaired) electrons. The largest absolute Gasteiger partial charge is 0.469 e. The predicted molar refractivity (Wildman–Crippen MR) is 143 cm³/mol. The van der Waals surface area contributed by atoms with Gasteiger partial charge in [0.2, 0.25) is 0 Å². The van der Waals surface area contributed by atoms with Gasteiger partial charge in [-0.05, 0) is 60.7 Å². The van der Waals surface area contributed by atoms with Crippen LogP contribution in [-0.2, 0) is 16.2 Å². The quantitative estimate of drug-likeness (QED) is 0.266. The van der Waals surface area contributed by atoms with E-state index in [1.807, 2.05) is 85.1 Å². The van der Waals surface area contributed by atoms with Crippen LogP contribution in [0.15, 0.2) is 85.1 Å². The van der Waals surface area contributed by atoms with Gasteiger partial charge in [-0.25, -0.2) is 0 Å². The van der Waals surface area contributed by atoms with Crippen LogP contribution in [0, 0.1) is 0 Å². The molecule has 0 saturated heterocycles. The Kier molecular flexibility index (Phi) is 7.42.